The van der Waals surface area contributed by atoms with Crippen molar-refractivity contribution in [3.8, 4) is 0 Å². The van der Waals surface area contributed by atoms with E-state index >= 15 is 0 Å². The lowest BCUT2D eigenvalue weighted by Gasteiger charge is -2.43. The molecule has 2 aliphatic heterocycles. The summed E-state index contributed by atoms with van der Waals surface area (Å²) in [5.41, 5.74) is 0.570. The van der Waals surface area contributed by atoms with Gasteiger partial charge < -0.3 is 9.47 Å². The van der Waals surface area contributed by atoms with Gasteiger partial charge in [0.05, 0.1) is 6.61 Å². The maximum absolute atomic E-state index is 6.75. The average molecular weight is 364 g/mol. The molecular formula is C24H29NO2. The molecule has 0 N–H and O–H groups in total. The van der Waals surface area contributed by atoms with Gasteiger partial charge in [-0.05, 0) is 38.9 Å². The van der Waals surface area contributed by atoms with Crippen molar-refractivity contribution in [1.82, 2.24) is 4.90 Å². The summed E-state index contributed by atoms with van der Waals surface area (Å²) in [4.78, 5) is 2.34. The molecule has 2 heterocycles. The monoisotopic (exact) mass is 363 g/mol. The molecule has 2 unspecified atom stereocenters. The summed E-state index contributed by atoms with van der Waals surface area (Å²) in [6.07, 6.45) is 2.65. The van der Waals surface area contributed by atoms with Crippen LogP contribution in [-0.2, 0) is 15.1 Å². The minimum Gasteiger partial charge on any atom is -0.355 e. The smallest absolute Gasteiger partial charge is 0.158 e. The predicted octanol–water partition coefficient (Wildman–Crippen LogP) is 4.73. The van der Waals surface area contributed by atoms with E-state index in [2.05, 4.69) is 87.8 Å². The van der Waals surface area contributed by atoms with E-state index in [4.69, 9.17) is 9.47 Å². The Kier molecular flexibility index (Phi) is 4.12. The first-order valence-corrected chi connectivity index (χ1v) is 9.64. The van der Waals surface area contributed by atoms with Gasteiger partial charge in [-0.15, -0.1) is 6.58 Å². The number of nitrogens with zero attached hydrogens (tertiary/aromatic N) is 1. The molecule has 0 aliphatic carbocycles. The Labute approximate surface area is 162 Å². The van der Waals surface area contributed by atoms with E-state index in [0.717, 1.165) is 11.1 Å². The number of epoxide rings is 1. The largest absolute Gasteiger partial charge is 0.355 e. The average Bonchev–Trinajstić information content (AvgIpc) is 3.27. The highest BCUT2D eigenvalue weighted by molar-refractivity contribution is 5.49. The van der Waals surface area contributed by atoms with Crippen LogP contribution in [0, 0.1) is 0 Å². The van der Waals surface area contributed by atoms with Crippen LogP contribution in [0.5, 0.6) is 0 Å². The van der Waals surface area contributed by atoms with Crippen LogP contribution >= 0.6 is 0 Å². The molecule has 4 rings (SSSR count). The Hall–Kier alpha value is -1.94. The molecule has 0 spiro atoms. The maximum Gasteiger partial charge on any atom is 0.158 e. The van der Waals surface area contributed by atoms with Crippen LogP contribution in [0.3, 0.4) is 0 Å². The zero-order valence-corrected chi connectivity index (χ0v) is 16.7. The van der Waals surface area contributed by atoms with Gasteiger partial charge in [-0.3, -0.25) is 4.90 Å². The Morgan fingerprint density at radius 2 is 1.48 bits per heavy atom. The van der Waals surface area contributed by atoms with Gasteiger partial charge in [0.1, 0.15) is 5.60 Å². The summed E-state index contributed by atoms with van der Waals surface area (Å²) in [5.74, 6) is 0. The lowest BCUT2D eigenvalue weighted by molar-refractivity contribution is -0.127. The van der Waals surface area contributed by atoms with Gasteiger partial charge in [0, 0.05) is 12.0 Å². The van der Waals surface area contributed by atoms with Gasteiger partial charge in [-0.25, -0.2) is 0 Å². The van der Waals surface area contributed by atoms with Crippen molar-refractivity contribution in [3.05, 3.63) is 84.4 Å². The van der Waals surface area contributed by atoms with Crippen molar-refractivity contribution >= 4 is 0 Å². The molecule has 3 heteroatoms. The maximum atomic E-state index is 6.75. The fourth-order valence-corrected chi connectivity index (χ4v) is 4.84. The molecule has 3 nitrogen and oxygen atoms in total. The van der Waals surface area contributed by atoms with Crippen molar-refractivity contribution in [1.29, 1.82) is 0 Å². The van der Waals surface area contributed by atoms with Gasteiger partial charge in [-0.1, -0.05) is 66.7 Å². The van der Waals surface area contributed by atoms with E-state index in [1.54, 1.807) is 0 Å². The molecule has 27 heavy (non-hydrogen) atoms. The van der Waals surface area contributed by atoms with Crippen molar-refractivity contribution in [3.63, 3.8) is 0 Å². The van der Waals surface area contributed by atoms with E-state index in [9.17, 15) is 0 Å². The molecule has 2 aromatic rings. The summed E-state index contributed by atoms with van der Waals surface area (Å²) in [6, 6.07) is 21.0. The SMILES string of the molecule is C=CCC1(C2(C)OC2(c2ccccc2)c2ccccc2)OCC(C)(C)N1C. The van der Waals surface area contributed by atoms with Crippen molar-refractivity contribution in [2.45, 2.75) is 49.7 Å². The molecule has 0 radical (unpaired) electrons. The first-order chi connectivity index (χ1) is 12.8. The first-order valence-electron chi connectivity index (χ1n) is 9.64. The van der Waals surface area contributed by atoms with Crippen molar-refractivity contribution in [2.75, 3.05) is 13.7 Å². The minimum atomic E-state index is -0.579. The van der Waals surface area contributed by atoms with Gasteiger partial charge >= 0.3 is 0 Å². The fraction of sp³-hybridized carbons (Fsp3) is 0.417. The van der Waals surface area contributed by atoms with Crippen molar-refractivity contribution < 1.29 is 9.47 Å². The van der Waals surface area contributed by atoms with Crippen molar-refractivity contribution in [2.24, 2.45) is 0 Å². The zero-order chi connectivity index (χ0) is 19.3. The normalized spacial score (nSPS) is 31.6. The number of rotatable bonds is 5. The second-order valence-corrected chi connectivity index (χ2v) is 8.49. The first kappa shape index (κ1) is 18.4. The van der Waals surface area contributed by atoms with Gasteiger partial charge in [-0.2, -0.15) is 0 Å². The van der Waals surface area contributed by atoms with E-state index in [1.807, 2.05) is 18.2 Å². The molecule has 0 saturated carbocycles. The van der Waals surface area contributed by atoms with Gasteiger partial charge in [0.2, 0.25) is 0 Å². The topological polar surface area (TPSA) is 25.0 Å². The number of ether oxygens (including phenoxy) is 2. The molecule has 2 aliphatic rings. The molecule has 2 saturated heterocycles. The minimum absolute atomic E-state index is 0.0723. The Morgan fingerprint density at radius 1 is 0.963 bits per heavy atom. The molecule has 2 aromatic carbocycles. The fourth-order valence-electron chi connectivity index (χ4n) is 4.84. The second kappa shape index (κ2) is 6.03. The summed E-state index contributed by atoms with van der Waals surface area (Å²) in [5, 5.41) is 0. The van der Waals surface area contributed by atoms with Crippen LogP contribution in [0.25, 0.3) is 0 Å². The summed E-state index contributed by atoms with van der Waals surface area (Å²) in [7, 11) is 2.14. The van der Waals surface area contributed by atoms with E-state index < -0.39 is 16.9 Å². The molecular weight excluding hydrogens is 334 g/mol. The number of likely N-dealkylation sites (N-methyl/N-ethyl adjacent to an activating group) is 1. The quantitative estimate of drug-likeness (QED) is 0.567. The third kappa shape index (κ3) is 2.32. The lowest BCUT2D eigenvalue weighted by atomic mass is 9.74. The van der Waals surface area contributed by atoms with Crippen LogP contribution in [0.15, 0.2) is 73.3 Å². The highest BCUT2D eigenvalue weighted by Gasteiger charge is 2.80. The molecule has 0 bridgehead atoms. The lowest BCUT2D eigenvalue weighted by Crippen LogP contribution is -2.59. The van der Waals surface area contributed by atoms with Crippen LogP contribution in [-0.4, -0.2) is 35.4 Å². The number of hydrogen-bond donors (Lipinski definition) is 0. The van der Waals surface area contributed by atoms with Gasteiger partial charge in [0.25, 0.3) is 0 Å². The summed E-state index contributed by atoms with van der Waals surface area (Å²) in [6.45, 7) is 11.3. The number of benzene rings is 2. The number of hydrogen-bond acceptors (Lipinski definition) is 3. The Bertz CT molecular complexity index is 792. The Balaban J connectivity index is 1.90. The summed E-state index contributed by atoms with van der Waals surface area (Å²) < 4.78 is 13.3. The second-order valence-electron chi connectivity index (χ2n) is 8.49. The standard InChI is InChI=1S/C24H29NO2/c1-6-17-23(25(5)21(2,3)18-26-23)22(4)24(27-22,19-13-9-7-10-14-19)20-15-11-8-12-16-20/h6-16H,1,17-18H2,2-5H3. The van der Waals surface area contributed by atoms with Crippen LogP contribution < -0.4 is 0 Å². The molecule has 2 atom stereocenters. The molecule has 0 amide bonds. The van der Waals surface area contributed by atoms with E-state index in [1.165, 1.54) is 0 Å². The highest BCUT2D eigenvalue weighted by Crippen LogP contribution is 2.68. The highest BCUT2D eigenvalue weighted by atomic mass is 16.7. The van der Waals surface area contributed by atoms with Crippen LogP contribution in [0.2, 0.25) is 0 Å². The third-order valence-electron chi connectivity index (χ3n) is 6.63. The molecule has 2 fully saturated rings. The summed E-state index contributed by atoms with van der Waals surface area (Å²) >= 11 is 0. The predicted molar refractivity (Wildman–Crippen MR) is 108 cm³/mol. The van der Waals surface area contributed by atoms with Gasteiger partial charge in [0.15, 0.2) is 11.3 Å². The van der Waals surface area contributed by atoms with E-state index in [-0.39, 0.29) is 5.54 Å². The van der Waals surface area contributed by atoms with E-state index in [0.29, 0.717) is 13.0 Å². The van der Waals surface area contributed by atoms with Crippen LogP contribution in [0.1, 0.15) is 38.3 Å². The third-order valence-corrected chi connectivity index (χ3v) is 6.63. The molecule has 0 aromatic heterocycles. The zero-order valence-electron chi connectivity index (χ0n) is 16.7. The van der Waals surface area contributed by atoms with Crippen LogP contribution in [0.4, 0.5) is 0 Å². The molecule has 142 valence electrons. The Morgan fingerprint density at radius 3 is 1.89 bits per heavy atom.